The first-order chi connectivity index (χ1) is 9.15. The number of benzene rings is 1. The smallest absolute Gasteiger partial charge is 0.119 e. The van der Waals surface area contributed by atoms with Crippen LogP contribution in [0.15, 0.2) is 24.3 Å². The summed E-state index contributed by atoms with van der Waals surface area (Å²) in [5, 5.41) is 0. The van der Waals surface area contributed by atoms with Crippen LogP contribution in [-0.4, -0.2) is 55.2 Å². The molecule has 106 valence electrons. The van der Waals surface area contributed by atoms with E-state index < -0.39 is 0 Å². The summed E-state index contributed by atoms with van der Waals surface area (Å²) >= 11 is 0. The third-order valence-corrected chi connectivity index (χ3v) is 3.69. The van der Waals surface area contributed by atoms with Gasteiger partial charge in [-0.25, -0.2) is 0 Å². The third kappa shape index (κ3) is 4.40. The molecule has 1 aromatic rings. The molecule has 1 aliphatic rings. The van der Waals surface area contributed by atoms with Crippen molar-refractivity contribution < 1.29 is 4.74 Å². The van der Waals surface area contributed by atoms with Crippen LogP contribution < -0.4 is 10.5 Å². The molecule has 0 atom stereocenters. The van der Waals surface area contributed by atoms with Crippen LogP contribution in [0.1, 0.15) is 13.8 Å². The standard InChI is InChI=1S/C15H25N3O/c1-13(2)18-9-7-17(8-10-18)11-12-19-15-5-3-14(16)4-6-15/h3-6,13H,7-12,16H2,1-2H3. The molecule has 1 aliphatic heterocycles. The van der Waals surface area contributed by atoms with E-state index in [4.69, 9.17) is 10.5 Å². The van der Waals surface area contributed by atoms with Crippen molar-refractivity contribution in [3.05, 3.63) is 24.3 Å². The van der Waals surface area contributed by atoms with E-state index in [0.29, 0.717) is 6.04 Å². The first kappa shape index (κ1) is 14.2. The molecule has 1 saturated heterocycles. The van der Waals surface area contributed by atoms with Gasteiger partial charge < -0.3 is 10.5 Å². The van der Waals surface area contributed by atoms with Gasteiger partial charge in [-0.15, -0.1) is 0 Å². The lowest BCUT2D eigenvalue weighted by atomic mass is 10.2. The molecule has 2 N–H and O–H groups in total. The van der Waals surface area contributed by atoms with Crippen LogP contribution in [-0.2, 0) is 0 Å². The van der Waals surface area contributed by atoms with Gasteiger partial charge in [0.25, 0.3) is 0 Å². The molecule has 2 rings (SSSR count). The van der Waals surface area contributed by atoms with Gasteiger partial charge in [0.05, 0.1) is 0 Å². The zero-order valence-electron chi connectivity index (χ0n) is 12.0. The van der Waals surface area contributed by atoms with E-state index in [-0.39, 0.29) is 0 Å². The average molecular weight is 263 g/mol. The molecule has 0 aliphatic carbocycles. The summed E-state index contributed by atoms with van der Waals surface area (Å²) in [6.45, 7) is 10.9. The number of hydrogen-bond donors (Lipinski definition) is 1. The average Bonchev–Trinajstić information content (AvgIpc) is 2.41. The van der Waals surface area contributed by atoms with E-state index in [1.165, 1.54) is 13.1 Å². The Hall–Kier alpha value is -1.26. The minimum Gasteiger partial charge on any atom is -0.492 e. The lowest BCUT2D eigenvalue weighted by Gasteiger charge is -2.36. The van der Waals surface area contributed by atoms with Gasteiger partial charge >= 0.3 is 0 Å². The number of anilines is 1. The number of piperazine rings is 1. The van der Waals surface area contributed by atoms with E-state index in [2.05, 4.69) is 23.6 Å². The fourth-order valence-electron chi connectivity index (χ4n) is 2.36. The Morgan fingerprint density at radius 3 is 2.32 bits per heavy atom. The number of nitrogens with two attached hydrogens (primary N) is 1. The lowest BCUT2D eigenvalue weighted by molar-refractivity contribution is 0.0971. The van der Waals surface area contributed by atoms with Crippen LogP contribution in [0.5, 0.6) is 5.75 Å². The number of nitrogen functional groups attached to an aromatic ring is 1. The van der Waals surface area contributed by atoms with Crippen LogP contribution >= 0.6 is 0 Å². The van der Waals surface area contributed by atoms with E-state index in [9.17, 15) is 0 Å². The van der Waals surface area contributed by atoms with Crippen molar-refractivity contribution in [2.45, 2.75) is 19.9 Å². The van der Waals surface area contributed by atoms with Crippen molar-refractivity contribution in [1.82, 2.24) is 9.80 Å². The summed E-state index contributed by atoms with van der Waals surface area (Å²) < 4.78 is 5.73. The van der Waals surface area contributed by atoms with Crippen LogP contribution in [0.2, 0.25) is 0 Å². The molecule has 0 amide bonds. The second-order valence-corrected chi connectivity index (χ2v) is 5.39. The van der Waals surface area contributed by atoms with Crippen LogP contribution in [0.25, 0.3) is 0 Å². The minimum atomic E-state index is 0.660. The molecule has 1 heterocycles. The molecule has 1 fully saturated rings. The lowest BCUT2D eigenvalue weighted by Crippen LogP contribution is -2.49. The molecule has 0 aromatic heterocycles. The molecular formula is C15H25N3O. The van der Waals surface area contributed by atoms with Crippen LogP contribution in [0.3, 0.4) is 0 Å². The first-order valence-electron chi connectivity index (χ1n) is 7.10. The molecule has 0 spiro atoms. The van der Waals surface area contributed by atoms with Crippen molar-refractivity contribution in [3.63, 3.8) is 0 Å². The fourth-order valence-corrected chi connectivity index (χ4v) is 2.36. The predicted molar refractivity (Wildman–Crippen MR) is 79.5 cm³/mol. The van der Waals surface area contributed by atoms with Crippen molar-refractivity contribution in [2.24, 2.45) is 0 Å². The summed E-state index contributed by atoms with van der Waals surface area (Å²) in [7, 11) is 0. The summed E-state index contributed by atoms with van der Waals surface area (Å²) in [6, 6.07) is 8.25. The molecule has 4 nitrogen and oxygen atoms in total. The second kappa shape index (κ2) is 6.78. The molecule has 0 radical (unpaired) electrons. The molecular weight excluding hydrogens is 238 g/mol. The predicted octanol–water partition coefficient (Wildman–Crippen LogP) is 1.67. The highest BCUT2D eigenvalue weighted by molar-refractivity contribution is 5.41. The fraction of sp³-hybridized carbons (Fsp3) is 0.600. The molecule has 1 aromatic carbocycles. The van der Waals surface area contributed by atoms with Gasteiger partial charge in [-0.2, -0.15) is 0 Å². The molecule has 0 bridgehead atoms. The maximum Gasteiger partial charge on any atom is 0.119 e. The van der Waals surface area contributed by atoms with Gasteiger partial charge in [-0.05, 0) is 38.1 Å². The van der Waals surface area contributed by atoms with Gasteiger partial charge in [0.1, 0.15) is 12.4 Å². The summed E-state index contributed by atoms with van der Waals surface area (Å²) in [4.78, 5) is 4.99. The Bertz CT molecular complexity index is 369. The van der Waals surface area contributed by atoms with E-state index >= 15 is 0 Å². The van der Waals surface area contributed by atoms with Crippen LogP contribution in [0, 0.1) is 0 Å². The summed E-state index contributed by atoms with van der Waals surface area (Å²) in [5.41, 5.74) is 6.42. The number of hydrogen-bond acceptors (Lipinski definition) is 4. The zero-order valence-corrected chi connectivity index (χ0v) is 12.0. The van der Waals surface area contributed by atoms with Crippen molar-refractivity contribution in [1.29, 1.82) is 0 Å². The van der Waals surface area contributed by atoms with Gasteiger partial charge in [0.15, 0.2) is 0 Å². The second-order valence-electron chi connectivity index (χ2n) is 5.39. The van der Waals surface area contributed by atoms with Crippen LogP contribution in [0.4, 0.5) is 5.69 Å². The highest BCUT2D eigenvalue weighted by Gasteiger charge is 2.18. The number of nitrogens with zero attached hydrogens (tertiary/aromatic N) is 2. The van der Waals surface area contributed by atoms with E-state index in [1.807, 2.05) is 24.3 Å². The highest BCUT2D eigenvalue weighted by atomic mass is 16.5. The highest BCUT2D eigenvalue weighted by Crippen LogP contribution is 2.13. The Morgan fingerprint density at radius 2 is 1.74 bits per heavy atom. The van der Waals surface area contributed by atoms with Gasteiger partial charge in [0.2, 0.25) is 0 Å². The quantitative estimate of drug-likeness (QED) is 0.821. The molecule has 0 saturated carbocycles. The van der Waals surface area contributed by atoms with Crippen molar-refractivity contribution in [2.75, 3.05) is 45.1 Å². The summed E-state index contributed by atoms with van der Waals surface area (Å²) in [6.07, 6.45) is 0. The Morgan fingerprint density at radius 1 is 1.11 bits per heavy atom. The normalized spacial score (nSPS) is 17.8. The monoisotopic (exact) mass is 263 g/mol. The van der Waals surface area contributed by atoms with Gasteiger partial charge in [-0.1, -0.05) is 0 Å². The van der Waals surface area contributed by atoms with E-state index in [0.717, 1.165) is 37.7 Å². The number of ether oxygens (including phenoxy) is 1. The number of rotatable bonds is 5. The van der Waals surface area contributed by atoms with Crippen molar-refractivity contribution >= 4 is 5.69 Å². The Kier molecular flexibility index (Phi) is 5.05. The summed E-state index contributed by atoms with van der Waals surface area (Å²) in [5.74, 6) is 0.898. The largest absolute Gasteiger partial charge is 0.492 e. The maximum absolute atomic E-state index is 5.73. The third-order valence-electron chi connectivity index (χ3n) is 3.69. The van der Waals surface area contributed by atoms with E-state index in [1.54, 1.807) is 0 Å². The molecule has 4 heteroatoms. The zero-order chi connectivity index (χ0) is 13.7. The van der Waals surface area contributed by atoms with Gasteiger partial charge in [0, 0.05) is 44.5 Å². The molecule has 19 heavy (non-hydrogen) atoms. The Balaban J connectivity index is 1.65. The maximum atomic E-state index is 5.73. The Labute approximate surface area is 116 Å². The topological polar surface area (TPSA) is 41.7 Å². The van der Waals surface area contributed by atoms with Gasteiger partial charge in [-0.3, -0.25) is 9.80 Å². The minimum absolute atomic E-state index is 0.660. The SMILES string of the molecule is CC(C)N1CCN(CCOc2ccc(N)cc2)CC1. The first-order valence-corrected chi connectivity index (χ1v) is 7.10. The van der Waals surface area contributed by atoms with Crippen molar-refractivity contribution in [3.8, 4) is 5.75 Å². The molecule has 0 unspecified atom stereocenters.